The van der Waals surface area contributed by atoms with E-state index in [0.29, 0.717) is 12.6 Å². The van der Waals surface area contributed by atoms with Gasteiger partial charge in [-0.3, -0.25) is 4.79 Å². The summed E-state index contributed by atoms with van der Waals surface area (Å²) in [7, 11) is 0. The minimum Gasteiger partial charge on any atom is -0.462 e. The van der Waals surface area contributed by atoms with Crippen LogP contribution in [-0.2, 0) is 14.3 Å². The second-order valence-electron chi connectivity index (χ2n) is 3.83. The van der Waals surface area contributed by atoms with Gasteiger partial charge in [-0.05, 0) is 26.7 Å². The number of carbonyl (C=O) groups excluding carboxylic acids is 1. The predicted molar refractivity (Wildman–Crippen MR) is 53.1 cm³/mol. The lowest BCUT2D eigenvalue weighted by atomic mass is 10.1. The van der Waals surface area contributed by atoms with Crippen LogP contribution in [0.3, 0.4) is 0 Å². The molecule has 82 valence electrons. The average Bonchev–Trinajstić information content (AvgIpc) is 2.15. The Kier molecular flexibility index (Phi) is 4.90. The molecule has 0 spiro atoms. The zero-order valence-corrected chi connectivity index (χ0v) is 8.91. The van der Waals surface area contributed by atoms with Gasteiger partial charge in [0, 0.05) is 12.6 Å². The Bertz CT molecular complexity index is 176. The van der Waals surface area contributed by atoms with Crippen molar-refractivity contribution >= 4 is 5.97 Å². The van der Waals surface area contributed by atoms with E-state index in [9.17, 15) is 4.79 Å². The van der Waals surface area contributed by atoms with Crippen LogP contribution in [0.1, 0.15) is 26.7 Å². The van der Waals surface area contributed by atoms with Crippen LogP contribution in [0.5, 0.6) is 0 Å². The summed E-state index contributed by atoms with van der Waals surface area (Å²) in [6.07, 6.45) is 2.11. The van der Waals surface area contributed by atoms with E-state index >= 15 is 0 Å². The minimum absolute atomic E-state index is 0.0353. The van der Waals surface area contributed by atoms with Gasteiger partial charge in [0.25, 0.3) is 0 Å². The van der Waals surface area contributed by atoms with Crippen LogP contribution in [-0.4, -0.2) is 37.9 Å². The fourth-order valence-corrected chi connectivity index (χ4v) is 1.43. The number of carbonyl (C=O) groups is 1. The second kappa shape index (κ2) is 5.98. The van der Waals surface area contributed by atoms with Crippen molar-refractivity contribution in [2.24, 2.45) is 0 Å². The summed E-state index contributed by atoms with van der Waals surface area (Å²) < 4.78 is 10.3. The first kappa shape index (κ1) is 11.5. The Morgan fingerprint density at radius 1 is 1.64 bits per heavy atom. The van der Waals surface area contributed by atoms with Crippen molar-refractivity contribution in [3.05, 3.63) is 0 Å². The molecule has 0 amide bonds. The third-order valence-corrected chi connectivity index (χ3v) is 2.06. The molecule has 1 aliphatic heterocycles. The molecule has 0 aromatic heterocycles. The van der Waals surface area contributed by atoms with E-state index in [4.69, 9.17) is 9.47 Å². The SMILES string of the molecule is CC(C)OC(=O)CNC1CCCOC1. The van der Waals surface area contributed by atoms with Gasteiger partial charge >= 0.3 is 5.97 Å². The summed E-state index contributed by atoms with van der Waals surface area (Å²) in [5, 5.41) is 3.13. The van der Waals surface area contributed by atoms with Crippen LogP contribution in [0.15, 0.2) is 0 Å². The summed E-state index contributed by atoms with van der Waals surface area (Å²) in [6.45, 7) is 5.53. The lowest BCUT2D eigenvalue weighted by molar-refractivity contribution is -0.146. The lowest BCUT2D eigenvalue weighted by Gasteiger charge is -2.22. The van der Waals surface area contributed by atoms with Gasteiger partial charge in [-0.2, -0.15) is 0 Å². The summed E-state index contributed by atoms with van der Waals surface area (Å²) in [6, 6.07) is 0.309. The zero-order valence-electron chi connectivity index (χ0n) is 8.91. The molecule has 0 bridgehead atoms. The van der Waals surface area contributed by atoms with Crippen molar-refractivity contribution in [2.45, 2.75) is 38.8 Å². The molecule has 0 radical (unpaired) electrons. The fraction of sp³-hybridized carbons (Fsp3) is 0.900. The molecule has 14 heavy (non-hydrogen) atoms. The van der Waals surface area contributed by atoms with Crippen LogP contribution in [0.25, 0.3) is 0 Å². The molecule has 1 atom stereocenters. The number of hydrogen-bond donors (Lipinski definition) is 1. The highest BCUT2D eigenvalue weighted by Crippen LogP contribution is 2.05. The number of nitrogens with one attached hydrogen (secondary N) is 1. The van der Waals surface area contributed by atoms with Crippen molar-refractivity contribution in [1.82, 2.24) is 5.32 Å². The quantitative estimate of drug-likeness (QED) is 0.680. The third kappa shape index (κ3) is 4.58. The van der Waals surface area contributed by atoms with Crippen molar-refractivity contribution in [3.63, 3.8) is 0 Å². The third-order valence-electron chi connectivity index (χ3n) is 2.06. The van der Waals surface area contributed by atoms with E-state index in [1.165, 1.54) is 0 Å². The normalized spacial score (nSPS) is 22.4. The summed E-state index contributed by atoms with van der Waals surface area (Å²) >= 11 is 0. The van der Waals surface area contributed by atoms with Gasteiger partial charge in [-0.15, -0.1) is 0 Å². The van der Waals surface area contributed by atoms with Gasteiger partial charge in [-0.25, -0.2) is 0 Å². The average molecular weight is 201 g/mol. The Labute approximate surface area is 85.0 Å². The molecule has 1 rings (SSSR count). The summed E-state index contributed by atoms with van der Waals surface area (Å²) in [5.41, 5.74) is 0. The summed E-state index contributed by atoms with van der Waals surface area (Å²) in [4.78, 5) is 11.2. The lowest BCUT2D eigenvalue weighted by Crippen LogP contribution is -2.40. The molecule has 0 aromatic carbocycles. The van der Waals surface area contributed by atoms with Crippen LogP contribution >= 0.6 is 0 Å². The highest BCUT2D eigenvalue weighted by atomic mass is 16.5. The molecule has 1 fully saturated rings. The van der Waals surface area contributed by atoms with Crippen LogP contribution < -0.4 is 5.32 Å². The van der Waals surface area contributed by atoms with E-state index in [1.807, 2.05) is 13.8 Å². The number of ether oxygens (including phenoxy) is 2. The summed E-state index contributed by atoms with van der Waals surface area (Å²) in [5.74, 6) is -0.189. The molecule has 0 aromatic rings. The van der Waals surface area contributed by atoms with Gasteiger partial charge in [0.2, 0.25) is 0 Å². The van der Waals surface area contributed by atoms with E-state index in [-0.39, 0.29) is 18.6 Å². The topological polar surface area (TPSA) is 47.6 Å². The Balaban J connectivity index is 2.09. The molecule has 1 saturated heterocycles. The van der Waals surface area contributed by atoms with Gasteiger partial charge in [-0.1, -0.05) is 0 Å². The molecule has 0 saturated carbocycles. The molecule has 4 heteroatoms. The predicted octanol–water partition coefficient (Wildman–Crippen LogP) is 0.707. The van der Waals surface area contributed by atoms with Crippen LogP contribution in [0.2, 0.25) is 0 Å². The van der Waals surface area contributed by atoms with Crippen LogP contribution in [0.4, 0.5) is 0 Å². The number of esters is 1. The molecule has 4 nitrogen and oxygen atoms in total. The molecular formula is C10H19NO3. The standard InChI is InChI=1S/C10H19NO3/c1-8(2)14-10(12)6-11-9-4-3-5-13-7-9/h8-9,11H,3-7H2,1-2H3. The molecule has 0 aliphatic carbocycles. The molecular weight excluding hydrogens is 182 g/mol. The van der Waals surface area contributed by atoms with Crippen molar-refractivity contribution < 1.29 is 14.3 Å². The van der Waals surface area contributed by atoms with E-state index in [2.05, 4.69) is 5.32 Å². The van der Waals surface area contributed by atoms with Crippen molar-refractivity contribution in [2.75, 3.05) is 19.8 Å². The minimum atomic E-state index is -0.189. The number of rotatable bonds is 4. The fourth-order valence-electron chi connectivity index (χ4n) is 1.43. The van der Waals surface area contributed by atoms with Gasteiger partial charge in [0.05, 0.1) is 19.3 Å². The van der Waals surface area contributed by atoms with Gasteiger partial charge < -0.3 is 14.8 Å². The van der Waals surface area contributed by atoms with Gasteiger partial charge in [0.1, 0.15) is 0 Å². The van der Waals surface area contributed by atoms with Crippen molar-refractivity contribution in [1.29, 1.82) is 0 Å². The Morgan fingerprint density at radius 2 is 2.43 bits per heavy atom. The highest BCUT2D eigenvalue weighted by molar-refractivity contribution is 5.71. The van der Waals surface area contributed by atoms with Gasteiger partial charge in [0.15, 0.2) is 0 Å². The monoisotopic (exact) mass is 201 g/mol. The molecule has 1 aliphatic rings. The first-order valence-electron chi connectivity index (χ1n) is 5.19. The van der Waals surface area contributed by atoms with Crippen LogP contribution in [0, 0.1) is 0 Å². The van der Waals surface area contributed by atoms with E-state index in [1.54, 1.807) is 0 Å². The second-order valence-corrected chi connectivity index (χ2v) is 3.83. The Hall–Kier alpha value is -0.610. The zero-order chi connectivity index (χ0) is 10.4. The maximum atomic E-state index is 11.2. The first-order valence-corrected chi connectivity index (χ1v) is 5.19. The molecule has 1 N–H and O–H groups in total. The largest absolute Gasteiger partial charge is 0.462 e. The molecule has 1 heterocycles. The number of hydrogen-bond acceptors (Lipinski definition) is 4. The highest BCUT2D eigenvalue weighted by Gasteiger charge is 2.14. The maximum absolute atomic E-state index is 11.2. The van der Waals surface area contributed by atoms with Crippen molar-refractivity contribution in [3.8, 4) is 0 Å². The maximum Gasteiger partial charge on any atom is 0.320 e. The van der Waals surface area contributed by atoms with E-state index < -0.39 is 0 Å². The smallest absolute Gasteiger partial charge is 0.320 e. The molecule has 1 unspecified atom stereocenters. The Morgan fingerprint density at radius 3 is 3.00 bits per heavy atom. The van der Waals surface area contributed by atoms with E-state index in [0.717, 1.165) is 19.4 Å². The first-order chi connectivity index (χ1) is 6.68.